The van der Waals surface area contributed by atoms with Crippen LogP contribution in [0.25, 0.3) is 0 Å². The molecule has 1 fully saturated rings. The molecule has 0 spiro atoms. The summed E-state index contributed by atoms with van der Waals surface area (Å²) >= 11 is 0. The van der Waals surface area contributed by atoms with Crippen LogP contribution in [0, 0.1) is 5.92 Å². The molecule has 1 heterocycles. The zero-order valence-corrected chi connectivity index (χ0v) is 11.3. The van der Waals surface area contributed by atoms with E-state index in [1.807, 2.05) is 4.90 Å². The van der Waals surface area contributed by atoms with Gasteiger partial charge in [-0.25, -0.2) is 0 Å². The van der Waals surface area contributed by atoms with Gasteiger partial charge in [-0.2, -0.15) is 0 Å². The molecule has 0 bridgehead atoms. The van der Waals surface area contributed by atoms with Gasteiger partial charge in [-0.1, -0.05) is 39.5 Å². The molecular formula is C14H27NO2. The molecule has 3 heteroatoms. The van der Waals surface area contributed by atoms with Crippen LogP contribution >= 0.6 is 0 Å². The third kappa shape index (κ3) is 4.30. The molecule has 100 valence electrons. The van der Waals surface area contributed by atoms with Crippen molar-refractivity contribution in [3.05, 3.63) is 0 Å². The average Bonchev–Trinajstić information content (AvgIpc) is 2.77. The molecule has 3 nitrogen and oxygen atoms in total. The van der Waals surface area contributed by atoms with E-state index in [0.29, 0.717) is 12.3 Å². The Kier molecular flexibility index (Phi) is 6.56. The molecule has 1 aliphatic heterocycles. The van der Waals surface area contributed by atoms with E-state index in [1.165, 1.54) is 0 Å². The van der Waals surface area contributed by atoms with Gasteiger partial charge in [-0.15, -0.1) is 0 Å². The van der Waals surface area contributed by atoms with Crippen LogP contribution in [0.1, 0.15) is 58.8 Å². The van der Waals surface area contributed by atoms with Crippen LogP contribution in [0.3, 0.4) is 0 Å². The fraction of sp³-hybridized carbons (Fsp3) is 0.929. The predicted octanol–water partition coefficient (Wildman–Crippen LogP) is 2.58. The van der Waals surface area contributed by atoms with E-state index in [9.17, 15) is 9.90 Å². The number of hydrogen-bond acceptors (Lipinski definition) is 2. The first-order valence-electron chi connectivity index (χ1n) is 7.13. The van der Waals surface area contributed by atoms with E-state index in [2.05, 4.69) is 13.8 Å². The highest BCUT2D eigenvalue weighted by Crippen LogP contribution is 2.23. The van der Waals surface area contributed by atoms with E-state index in [0.717, 1.165) is 45.1 Å². The number of carbonyl (C=O) groups excluding carboxylic acids is 1. The smallest absolute Gasteiger partial charge is 0.223 e. The summed E-state index contributed by atoms with van der Waals surface area (Å²) in [5.41, 5.74) is 0. The lowest BCUT2D eigenvalue weighted by Gasteiger charge is -2.25. The molecule has 0 aromatic carbocycles. The third-order valence-corrected chi connectivity index (χ3v) is 3.77. The zero-order valence-electron chi connectivity index (χ0n) is 11.3. The van der Waals surface area contributed by atoms with Crippen LogP contribution in [0.4, 0.5) is 0 Å². The number of likely N-dealkylation sites (tertiary alicyclic amines) is 1. The first kappa shape index (κ1) is 14.5. The Morgan fingerprint density at radius 3 is 2.53 bits per heavy atom. The molecule has 0 unspecified atom stereocenters. The van der Waals surface area contributed by atoms with Gasteiger partial charge in [0.25, 0.3) is 0 Å². The maximum Gasteiger partial charge on any atom is 0.223 e. The predicted molar refractivity (Wildman–Crippen MR) is 69.7 cm³/mol. The second kappa shape index (κ2) is 7.70. The van der Waals surface area contributed by atoms with Gasteiger partial charge >= 0.3 is 0 Å². The Morgan fingerprint density at radius 2 is 2.00 bits per heavy atom. The number of nitrogens with zero attached hydrogens (tertiary/aromatic N) is 1. The van der Waals surface area contributed by atoms with Crippen LogP contribution in [-0.4, -0.2) is 35.1 Å². The minimum Gasteiger partial charge on any atom is -0.394 e. The highest BCUT2D eigenvalue weighted by molar-refractivity contribution is 5.77. The maximum atomic E-state index is 12.2. The lowest BCUT2D eigenvalue weighted by atomic mass is 9.94. The zero-order chi connectivity index (χ0) is 12.7. The maximum absolute atomic E-state index is 12.2. The topological polar surface area (TPSA) is 40.5 Å². The first-order chi connectivity index (χ1) is 8.22. The molecule has 0 aromatic heterocycles. The van der Waals surface area contributed by atoms with Gasteiger partial charge in [-0.3, -0.25) is 4.79 Å². The van der Waals surface area contributed by atoms with Crippen molar-refractivity contribution in [3.63, 3.8) is 0 Å². The van der Waals surface area contributed by atoms with E-state index < -0.39 is 0 Å². The van der Waals surface area contributed by atoms with Crippen molar-refractivity contribution in [2.75, 3.05) is 13.2 Å². The van der Waals surface area contributed by atoms with E-state index in [1.54, 1.807) is 0 Å². The highest BCUT2D eigenvalue weighted by atomic mass is 16.3. The Labute approximate surface area is 105 Å². The summed E-state index contributed by atoms with van der Waals surface area (Å²) in [4.78, 5) is 14.1. The molecule has 1 N–H and O–H groups in total. The molecule has 1 rings (SSSR count). The van der Waals surface area contributed by atoms with E-state index in [-0.39, 0.29) is 18.6 Å². The minimum atomic E-state index is 0.0893. The lowest BCUT2D eigenvalue weighted by Crippen LogP contribution is -2.38. The molecular weight excluding hydrogens is 214 g/mol. The van der Waals surface area contributed by atoms with Gasteiger partial charge in [-0.05, 0) is 18.8 Å². The molecule has 0 aromatic rings. The van der Waals surface area contributed by atoms with Crippen LogP contribution in [0.2, 0.25) is 0 Å². The van der Waals surface area contributed by atoms with Gasteiger partial charge in [0.05, 0.1) is 12.6 Å². The first-order valence-corrected chi connectivity index (χ1v) is 7.13. The summed E-state index contributed by atoms with van der Waals surface area (Å²) in [5.74, 6) is 0.797. The molecule has 1 aliphatic rings. The van der Waals surface area contributed by atoms with Gasteiger partial charge in [0.15, 0.2) is 0 Å². The van der Waals surface area contributed by atoms with Crippen molar-refractivity contribution in [1.29, 1.82) is 0 Å². The Bertz CT molecular complexity index is 224. The molecule has 1 amide bonds. The number of aliphatic hydroxyl groups excluding tert-OH is 1. The van der Waals surface area contributed by atoms with Gasteiger partial charge in [0.2, 0.25) is 5.91 Å². The second-order valence-corrected chi connectivity index (χ2v) is 5.21. The van der Waals surface area contributed by atoms with Gasteiger partial charge in [0.1, 0.15) is 0 Å². The summed E-state index contributed by atoms with van der Waals surface area (Å²) in [6, 6.07) is 0.0893. The molecule has 0 radical (unpaired) electrons. The van der Waals surface area contributed by atoms with E-state index >= 15 is 0 Å². The van der Waals surface area contributed by atoms with Crippen molar-refractivity contribution in [3.8, 4) is 0 Å². The van der Waals surface area contributed by atoms with Crippen molar-refractivity contribution in [2.45, 2.75) is 64.8 Å². The molecule has 17 heavy (non-hydrogen) atoms. The summed E-state index contributed by atoms with van der Waals surface area (Å²) in [7, 11) is 0. The monoisotopic (exact) mass is 241 g/mol. The summed E-state index contributed by atoms with van der Waals surface area (Å²) in [5, 5.41) is 9.23. The second-order valence-electron chi connectivity index (χ2n) is 5.21. The fourth-order valence-corrected chi connectivity index (χ4v) is 2.88. The molecule has 1 atom stereocenters. The summed E-state index contributed by atoms with van der Waals surface area (Å²) in [6.07, 6.45) is 7.30. The van der Waals surface area contributed by atoms with E-state index in [4.69, 9.17) is 0 Å². The van der Waals surface area contributed by atoms with Crippen LogP contribution in [0.5, 0.6) is 0 Å². The third-order valence-electron chi connectivity index (χ3n) is 3.77. The fourth-order valence-electron chi connectivity index (χ4n) is 2.88. The van der Waals surface area contributed by atoms with Crippen LogP contribution < -0.4 is 0 Å². The quantitative estimate of drug-likeness (QED) is 0.744. The number of aliphatic hydroxyl groups is 1. The number of amides is 1. The minimum absolute atomic E-state index is 0.0893. The largest absolute Gasteiger partial charge is 0.394 e. The molecule has 0 aliphatic carbocycles. The number of hydrogen-bond donors (Lipinski definition) is 1. The highest BCUT2D eigenvalue weighted by Gasteiger charge is 2.28. The van der Waals surface area contributed by atoms with Crippen molar-refractivity contribution >= 4 is 5.91 Å². The van der Waals surface area contributed by atoms with Crippen molar-refractivity contribution < 1.29 is 9.90 Å². The number of rotatable bonds is 7. The lowest BCUT2D eigenvalue weighted by molar-refractivity contribution is -0.133. The van der Waals surface area contributed by atoms with Crippen molar-refractivity contribution in [1.82, 2.24) is 4.90 Å². The van der Waals surface area contributed by atoms with Crippen molar-refractivity contribution in [2.24, 2.45) is 5.92 Å². The Morgan fingerprint density at radius 1 is 1.35 bits per heavy atom. The summed E-state index contributed by atoms with van der Waals surface area (Å²) in [6.45, 7) is 5.33. The molecule has 0 saturated carbocycles. The van der Waals surface area contributed by atoms with Gasteiger partial charge in [0, 0.05) is 13.0 Å². The average molecular weight is 241 g/mol. The van der Waals surface area contributed by atoms with Crippen LogP contribution in [-0.2, 0) is 4.79 Å². The van der Waals surface area contributed by atoms with Gasteiger partial charge < -0.3 is 10.0 Å². The normalized spacial score (nSPS) is 20.2. The number of carbonyl (C=O) groups is 1. The molecule has 1 saturated heterocycles. The van der Waals surface area contributed by atoms with Crippen LogP contribution in [0.15, 0.2) is 0 Å². The summed E-state index contributed by atoms with van der Waals surface area (Å²) < 4.78 is 0. The Balaban J connectivity index is 2.45. The Hall–Kier alpha value is -0.570. The SMILES string of the molecule is CCCC(CCC)CC(=O)N1CCC[C@H]1CO. The standard InChI is InChI=1S/C14H27NO2/c1-3-6-12(7-4-2)10-14(17)15-9-5-8-13(15)11-16/h12-13,16H,3-11H2,1-2H3/t13-/m0/s1.